The van der Waals surface area contributed by atoms with Crippen molar-refractivity contribution in [3.8, 4) is 0 Å². The van der Waals surface area contributed by atoms with Crippen molar-refractivity contribution in [2.24, 2.45) is 5.84 Å². The topological polar surface area (TPSA) is 85.1 Å². The standard InChI is InChI=1S/C9H9N3O2S.2ClH/c10-12-15(13,14)9-3-1-2-7-6-11-5-4-8(7)9;;/h1-6,12H,10H2;2*1H. The van der Waals surface area contributed by atoms with Gasteiger partial charge in [0, 0.05) is 23.2 Å². The molecule has 5 nitrogen and oxygen atoms in total. The molecule has 0 bridgehead atoms. The SMILES string of the molecule is Cl.Cl.NNS(=O)(=O)c1cccc2cnccc12. The quantitative estimate of drug-likeness (QED) is 0.645. The van der Waals surface area contributed by atoms with Crippen LogP contribution in [0.2, 0.25) is 0 Å². The number of hydrogen-bond acceptors (Lipinski definition) is 4. The number of nitrogens with zero attached hydrogens (tertiary/aromatic N) is 1. The van der Waals surface area contributed by atoms with E-state index in [0.29, 0.717) is 5.39 Å². The Morgan fingerprint density at radius 3 is 2.53 bits per heavy atom. The third kappa shape index (κ3) is 3.05. The molecule has 0 fully saturated rings. The molecule has 1 heterocycles. The summed E-state index contributed by atoms with van der Waals surface area (Å²) in [5.41, 5.74) is 0. The monoisotopic (exact) mass is 295 g/mol. The van der Waals surface area contributed by atoms with Gasteiger partial charge in [0.05, 0.1) is 4.90 Å². The van der Waals surface area contributed by atoms with Crippen LogP contribution in [0, 0.1) is 0 Å². The third-order valence-corrected chi connectivity index (χ3v) is 3.33. The van der Waals surface area contributed by atoms with Crippen molar-refractivity contribution < 1.29 is 8.42 Å². The summed E-state index contributed by atoms with van der Waals surface area (Å²) >= 11 is 0. The number of aromatic nitrogens is 1. The molecule has 0 radical (unpaired) electrons. The van der Waals surface area contributed by atoms with Crippen LogP contribution in [0.3, 0.4) is 0 Å². The minimum atomic E-state index is -3.62. The van der Waals surface area contributed by atoms with Gasteiger partial charge < -0.3 is 0 Å². The lowest BCUT2D eigenvalue weighted by Crippen LogP contribution is -2.30. The van der Waals surface area contributed by atoms with Crippen LogP contribution >= 0.6 is 24.8 Å². The molecule has 0 unspecified atom stereocenters. The molecule has 8 heteroatoms. The summed E-state index contributed by atoms with van der Waals surface area (Å²) in [7, 11) is -3.62. The van der Waals surface area contributed by atoms with Crippen LogP contribution in [-0.2, 0) is 10.0 Å². The Morgan fingerprint density at radius 2 is 1.88 bits per heavy atom. The molecule has 0 aliphatic heterocycles. The number of nitrogens with one attached hydrogen (secondary N) is 1. The lowest BCUT2D eigenvalue weighted by atomic mass is 10.2. The van der Waals surface area contributed by atoms with Gasteiger partial charge in [0.1, 0.15) is 0 Å². The van der Waals surface area contributed by atoms with E-state index >= 15 is 0 Å². The molecule has 0 spiro atoms. The average Bonchev–Trinajstić information content (AvgIpc) is 2.28. The first-order chi connectivity index (χ1) is 7.15. The number of rotatable bonds is 2. The van der Waals surface area contributed by atoms with E-state index < -0.39 is 10.0 Å². The van der Waals surface area contributed by atoms with Crippen LogP contribution in [0.15, 0.2) is 41.6 Å². The number of benzene rings is 1. The highest BCUT2D eigenvalue weighted by atomic mass is 35.5. The maximum Gasteiger partial charge on any atom is 0.253 e. The third-order valence-electron chi connectivity index (χ3n) is 2.09. The first kappa shape index (κ1) is 16.1. The average molecular weight is 296 g/mol. The largest absolute Gasteiger partial charge is 0.264 e. The smallest absolute Gasteiger partial charge is 0.253 e. The minimum Gasteiger partial charge on any atom is -0.264 e. The molecule has 3 N–H and O–H groups in total. The Labute approximate surface area is 111 Å². The van der Waals surface area contributed by atoms with Crippen LogP contribution in [0.1, 0.15) is 0 Å². The zero-order valence-electron chi connectivity index (χ0n) is 8.53. The van der Waals surface area contributed by atoms with E-state index in [1.807, 2.05) is 0 Å². The van der Waals surface area contributed by atoms with Crippen molar-refractivity contribution in [1.29, 1.82) is 0 Å². The molecule has 0 saturated heterocycles. The fraction of sp³-hybridized carbons (Fsp3) is 0. The minimum absolute atomic E-state index is 0. The Hall–Kier alpha value is -0.920. The maximum atomic E-state index is 11.6. The second kappa shape index (κ2) is 6.13. The molecular formula is C9H11Cl2N3O2S. The molecule has 0 saturated carbocycles. The van der Waals surface area contributed by atoms with Crippen molar-refractivity contribution in [2.45, 2.75) is 4.90 Å². The van der Waals surface area contributed by atoms with Gasteiger partial charge in [-0.2, -0.15) is 4.83 Å². The molecule has 1 aromatic carbocycles. The van der Waals surface area contributed by atoms with E-state index in [4.69, 9.17) is 5.84 Å². The zero-order chi connectivity index (χ0) is 10.9. The molecule has 17 heavy (non-hydrogen) atoms. The first-order valence-corrected chi connectivity index (χ1v) is 5.68. The van der Waals surface area contributed by atoms with E-state index in [9.17, 15) is 8.42 Å². The highest BCUT2D eigenvalue weighted by molar-refractivity contribution is 7.89. The van der Waals surface area contributed by atoms with Crippen LogP contribution in [-0.4, -0.2) is 13.4 Å². The van der Waals surface area contributed by atoms with Gasteiger partial charge in [0.2, 0.25) is 0 Å². The van der Waals surface area contributed by atoms with Crippen molar-refractivity contribution in [1.82, 2.24) is 9.82 Å². The van der Waals surface area contributed by atoms with Crippen molar-refractivity contribution in [3.05, 3.63) is 36.7 Å². The number of sulfonamides is 1. The van der Waals surface area contributed by atoms with E-state index in [0.717, 1.165) is 5.39 Å². The van der Waals surface area contributed by atoms with Crippen molar-refractivity contribution >= 4 is 45.6 Å². The van der Waals surface area contributed by atoms with Gasteiger partial charge in [0.25, 0.3) is 10.0 Å². The lowest BCUT2D eigenvalue weighted by Gasteiger charge is -2.05. The van der Waals surface area contributed by atoms with Gasteiger partial charge in [-0.15, -0.1) is 24.8 Å². The zero-order valence-corrected chi connectivity index (χ0v) is 11.0. The summed E-state index contributed by atoms with van der Waals surface area (Å²) in [6, 6.07) is 6.57. The highest BCUT2D eigenvalue weighted by Crippen LogP contribution is 2.21. The Kier molecular flexibility index (Phi) is 5.80. The van der Waals surface area contributed by atoms with E-state index in [2.05, 4.69) is 4.98 Å². The van der Waals surface area contributed by atoms with Gasteiger partial charge in [-0.05, 0) is 12.1 Å². The molecule has 94 valence electrons. The molecule has 0 aliphatic rings. The van der Waals surface area contributed by atoms with Gasteiger partial charge in [-0.25, -0.2) is 8.42 Å². The van der Waals surface area contributed by atoms with E-state index in [1.165, 1.54) is 12.3 Å². The highest BCUT2D eigenvalue weighted by Gasteiger charge is 2.14. The predicted molar refractivity (Wildman–Crippen MR) is 70.7 cm³/mol. The summed E-state index contributed by atoms with van der Waals surface area (Å²) in [6.45, 7) is 0. The fourth-order valence-corrected chi connectivity index (χ4v) is 2.25. The maximum absolute atomic E-state index is 11.6. The normalized spacial score (nSPS) is 10.4. The number of halogens is 2. The lowest BCUT2D eigenvalue weighted by molar-refractivity contribution is 0.585. The van der Waals surface area contributed by atoms with Gasteiger partial charge >= 0.3 is 0 Å². The molecule has 0 amide bonds. The van der Waals surface area contributed by atoms with Gasteiger partial charge in [-0.1, -0.05) is 12.1 Å². The van der Waals surface area contributed by atoms with E-state index in [1.54, 1.807) is 29.2 Å². The van der Waals surface area contributed by atoms with Crippen LogP contribution in [0.4, 0.5) is 0 Å². The molecule has 2 aromatic rings. The Balaban J connectivity index is 0.00000128. The fourth-order valence-electron chi connectivity index (χ4n) is 1.39. The molecule has 0 aliphatic carbocycles. The Bertz CT molecular complexity index is 599. The summed E-state index contributed by atoms with van der Waals surface area (Å²) < 4.78 is 23.1. The summed E-state index contributed by atoms with van der Waals surface area (Å²) in [5, 5.41) is 1.36. The number of nitrogens with two attached hydrogens (primary N) is 1. The van der Waals surface area contributed by atoms with E-state index in [-0.39, 0.29) is 29.7 Å². The number of hydrogen-bond donors (Lipinski definition) is 2. The summed E-state index contributed by atoms with van der Waals surface area (Å²) in [4.78, 5) is 5.87. The summed E-state index contributed by atoms with van der Waals surface area (Å²) in [6.07, 6.45) is 3.14. The van der Waals surface area contributed by atoms with Crippen LogP contribution in [0.25, 0.3) is 10.8 Å². The first-order valence-electron chi connectivity index (χ1n) is 4.20. The molecular weight excluding hydrogens is 285 g/mol. The van der Waals surface area contributed by atoms with Crippen molar-refractivity contribution in [3.63, 3.8) is 0 Å². The molecule has 1 aromatic heterocycles. The van der Waals surface area contributed by atoms with Gasteiger partial charge in [0.15, 0.2) is 0 Å². The second-order valence-electron chi connectivity index (χ2n) is 2.97. The number of fused-ring (bicyclic) bond motifs is 1. The Morgan fingerprint density at radius 1 is 1.18 bits per heavy atom. The van der Waals surface area contributed by atoms with Gasteiger partial charge in [-0.3, -0.25) is 10.8 Å². The number of hydrazine groups is 1. The predicted octanol–water partition coefficient (Wildman–Crippen LogP) is 1.23. The van der Waals surface area contributed by atoms with Crippen LogP contribution in [0.5, 0.6) is 0 Å². The summed E-state index contributed by atoms with van der Waals surface area (Å²) in [5.74, 6) is 4.98. The second-order valence-corrected chi connectivity index (χ2v) is 4.66. The van der Waals surface area contributed by atoms with Crippen LogP contribution < -0.4 is 10.7 Å². The molecule has 0 atom stereocenters. The molecule has 2 rings (SSSR count). The number of pyridine rings is 1. The van der Waals surface area contributed by atoms with Crippen molar-refractivity contribution in [2.75, 3.05) is 0 Å².